The van der Waals surface area contributed by atoms with Crippen LogP contribution in [-0.2, 0) is 6.18 Å². The van der Waals surface area contributed by atoms with Crippen LogP contribution in [0.25, 0.3) is 0 Å². The fraction of sp³-hybridized carbons (Fsp3) is 0.500. The molecule has 9 heteroatoms. The lowest BCUT2D eigenvalue weighted by molar-refractivity contribution is -0.385. The summed E-state index contributed by atoms with van der Waals surface area (Å²) in [5.41, 5.74) is 3.19. The van der Waals surface area contributed by atoms with Crippen LogP contribution in [0.4, 0.5) is 18.9 Å². The average Bonchev–Trinajstić information content (AvgIpc) is 2.92. The van der Waals surface area contributed by atoms with Crippen LogP contribution in [-0.4, -0.2) is 23.4 Å². The number of nitrogens with one attached hydrogen (secondary N) is 1. The molecular weight excluding hydrogens is 315 g/mol. The Morgan fingerprint density at radius 2 is 2.09 bits per heavy atom. The predicted molar refractivity (Wildman–Crippen MR) is 75.7 cm³/mol. The number of hydrogen-bond donors (Lipinski definition) is 2. The van der Waals surface area contributed by atoms with E-state index in [0.717, 1.165) is 18.9 Å². The lowest BCUT2D eigenvalue weighted by Crippen LogP contribution is -2.40. The van der Waals surface area contributed by atoms with Crippen molar-refractivity contribution >= 4 is 11.6 Å². The summed E-state index contributed by atoms with van der Waals surface area (Å²) in [5.74, 6) is -0.678. The highest BCUT2D eigenvalue weighted by molar-refractivity contribution is 5.98. The third kappa shape index (κ3) is 3.79. The number of amides is 1. The van der Waals surface area contributed by atoms with Crippen LogP contribution in [0.2, 0.25) is 0 Å². The molecule has 1 amide bonds. The van der Waals surface area contributed by atoms with Crippen molar-refractivity contribution in [3.8, 4) is 0 Å². The second-order valence-corrected chi connectivity index (χ2v) is 5.49. The molecule has 1 saturated carbocycles. The van der Waals surface area contributed by atoms with Crippen molar-refractivity contribution in [3.63, 3.8) is 0 Å². The summed E-state index contributed by atoms with van der Waals surface area (Å²) < 4.78 is 38.0. The normalized spacial score (nSPS) is 21.2. The Bertz CT molecular complexity index is 619. The summed E-state index contributed by atoms with van der Waals surface area (Å²) in [6.07, 6.45) is -2.30. The van der Waals surface area contributed by atoms with Gasteiger partial charge in [-0.25, -0.2) is 0 Å². The number of nitro groups is 1. The molecule has 0 heterocycles. The van der Waals surface area contributed by atoms with E-state index in [1.807, 2.05) is 0 Å². The largest absolute Gasteiger partial charge is 0.416 e. The van der Waals surface area contributed by atoms with E-state index >= 15 is 0 Å². The third-order valence-corrected chi connectivity index (χ3v) is 4.04. The van der Waals surface area contributed by atoms with E-state index in [4.69, 9.17) is 5.73 Å². The first-order valence-electron chi connectivity index (χ1n) is 7.10. The number of hydrogen-bond acceptors (Lipinski definition) is 4. The maximum absolute atomic E-state index is 12.7. The van der Waals surface area contributed by atoms with Crippen molar-refractivity contribution < 1.29 is 22.9 Å². The molecule has 0 radical (unpaired) electrons. The van der Waals surface area contributed by atoms with Gasteiger partial charge in [0.05, 0.1) is 10.5 Å². The zero-order valence-electron chi connectivity index (χ0n) is 12.1. The van der Waals surface area contributed by atoms with E-state index in [2.05, 4.69) is 5.32 Å². The van der Waals surface area contributed by atoms with Gasteiger partial charge in [-0.3, -0.25) is 14.9 Å². The van der Waals surface area contributed by atoms with Crippen LogP contribution in [0.15, 0.2) is 18.2 Å². The number of benzene rings is 1. The van der Waals surface area contributed by atoms with Crippen molar-refractivity contribution in [1.82, 2.24) is 5.32 Å². The van der Waals surface area contributed by atoms with Crippen molar-refractivity contribution in [2.75, 3.05) is 6.54 Å². The number of nitrogens with two attached hydrogens (primary N) is 1. The molecule has 2 unspecified atom stereocenters. The number of nitrogens with zero attached hydrogens (tertiary/aromatic N) is 1. The van der Waals surface area contributed by atoms with E-state index < -0.39 is 28.3 Å². The smallest absolute Gasteiger partial charge is 0.349 e. The van der Waals surface area contributed by atoms with E-state index in [9.17, 15) is 28.1 Å². The molecular formula is C14H16F3N3O3. The van der Waals surface area contributed by atoms with Crippen molar-refractivity contribution in [2.45, 2.75) is 31.5 Å². The Balaban J connectivity index is 2.27. The molecule has 1 aliphatic carbocycles. The Kier molecular flexibility index (Phi) is 4.88. The van der Waals surface area contributed by atoms with Crippen LogP contribution in [0.3, 0.4) is 0 Å². The summed E-state index contributed by atoms with van der Waals surface area (Å²) in [7, 11) is 0. The molecule has 2 rings (SSSR count). The van der Waals surface area contributed by atoms with Crippen molar-refractivity contribution in [2.24, 2.45) is 11.7 Å². The van der Waals surface area contributed by atoms with Gasteiger partial charge in [-0.1, -0.05) is 6.42 Å². The molecule has 0 bridgehead atoms. The van der Waals surface area contributed by atoms with Gasteiger partial charge >= 0.3 is 6.18 Å². The summed E-state index contributed by atoms with van der Waals surface area (Å²) in [5, 5.41) is 13.6. The van der Waals surface area contributed by atoms with Crippen LogP contribution in [0.5, 0.6) is 0 Å². The zero-order chi connectivity index (χ0) is 17.2. The molecule has 2 atom stereocenters. The zero-order valence-corrected chi connectivity index (χ0v) is 12.1. The molecule has 0 saturated heterocycles. The molecule has 0 aliphatic heterocycles. The number of nitro benzene ring substituents is 1. The Morgan fingerprint density at radius 1 is 1.39 bits per heavy atom. The van der Waals surface area contributed by atoms with Gasteiger partial charge in [-0.05, 0) is 37.4 Å². The summed E-state index contributed by atoms with van der Waals surface area (Å²) in [4.78, 5) is 22.2. The molecule has 1 aromatic rings. The maximum Gasteiger partial charge on any atom is 0.416 e. The molecule has 1 aliphatic rings. The first kappa shape index (κ1) is 17.2. The van der Waals surface area contributed by atoms with E-state index in [-0.39, 0.29) is 17.5 Å². The molecule has 1 aromatic carbocycles. The monoisotopic (exact) mass is 331 g/mol. The minimum Gasteiger partial charge on any atom is -0.349 e. The predicted octanol–water partition coefficient (Wildman–Crippen LogP) is 2.47. The van der Waals surface area contributed by atoms with Gasteiger partial charge in [-0.2, -0.15) is 13.2 Å². The summed E-state index contributed by atoms with van der Waals surface area (Å²) in [6.45, 7) is 0.375. The van der Waals surface area contributed by atoms with E-state index in [1.54, 1.807) is 0 Å². The second-order valence-electron chi connectivity index (χ2n) is 5.49. The van der Waals surface area contributed by atoms with Crippen molar-refractivity contribution in [3.05, 3.63) is 39.4 Å². The Hall–Kier alpha value is -2.16. The molecule has 23 heavy (non-hydrogen) atoms. The maximum atomic E-state index is 12.7. The summed E-state index contributed by atoms with van der Waals surface area (Å²) in [6, 6.07) is 1.67. The lowest BCUT2D eigenvalue weighted by atomic mass is 10.0. The number of halogens is 3. The first-order chi connectivity index (χ1) is 10.7. The Morgan fingerprint density at radius 3 is 2.65 bits per heavy atom. The van der Waals surface area contributed by atoms with Crippen LogP contribution >= 0.6 is 0 Å². The molecule has 126 valence electrons. The molecule has 6 nitrogen and oxygen atoms in total. The Labute approximate surface area is 130 Å². The third-order valence-electron chi connectivity index (χ3n) is 4.04. The molecule has 3 N–H and O–H groups in total. The minimum atomic E-state index is -4.71. The van der Waals surface area contributed by atoms with Gasteiger partial charge in [0.2, 0.25) is 0 Å². The highest BCUT2D eigenvalue weighted by atomic mass is 19.4. The van der Waals surface area contributed by atoms with Gasteiger partial charge in [0, 0.05) is 12.1 Å². The average molecular weight is 331 g/mol. The number of alkyl halides is 3. The first-order valence-corrected chi connectivity index (χ1v) is 7.10. The fourth-order valence-corrected chi connectivity index (χ4v) is 2.81. The van der Waals surface area contributed by atoms with Crippen LogP contribution in [0, 0.1) is 16.0 Å². The van der Waals surface area contributed by atoms with Gasteiger partial charge in [0.25, 0.3) is 11.6 Å². The molecule has 0 aromatic heterocycles. The van der Waals surface area contributed by atoms with Crippen LogP contribution < -0.4 is 11.1 Å². The van der Waals surface area contributed by atoms with Crippen LogP contribution in [0.1, 0.15) is 35.2 Å². The number of rotatable bonds is 4. The SMILES string of the molecule is NCC1CCCC1NC(=O)c1ccc(C(F)(F)F)cc1[N+](=O)[O-]. The van der Waals surface area contributed by atoms with Gasteiger partial charge < -0.3 is 11.1 Å². The fourth-order valence-electron chi connectivity index (χ4n) is 2.81. The second kappa shape index (κ2) is 6.53. The number of carbonyl (C=O) groups excluding carboxylic acids is 1. The van der Waals surface area contributed by atoms with Gasteiger partial charge in [0.15, 0.2) is 0 Å². The van der Waals surface area contributed by atoms with E-state index in [1.165, 1.54) is 0 Å². The highest BCUT2D eigenvalue weighted by Crippen LogP contribution is 2.33. The standard InChI is InChI=1S/C14H16F3N3O3/c15-14(16,17)9-4-5-10(12(6-9)20(22)23)13(21)19-11-3-1-2-8(11)7-18/h4-6,8,11H,1-3,7,18H2,(H,19,21). The minimum absolute atomic E-state index is 0.0763. The quantitative estimate of drug-likeness (QED) is 0.654. The van der Waals surface area contributed by atoms with Gasteiger partial charge in [-0.15, -0.1) is 0 Å². The molecule has 0 spiro atoms. The lowest BCUT2D eigenvalue weighted by Gasteiger charge is -2.19. The topological polar surface area (TPSA) is 98.3 Å². The van der Waals surface area contributed by atoms with E-state index in [0.29, 0.717) is 25.1 Å². The van der Waals surface area contributed by atoms with Gasteiger partial charge in [0.1, 0.15) is 5.56 Å². The summed E-state index contributed by atoms with van der Waals surface area (Å²) >= 11 is 0. The molecule has 1 fully saturated rings. The number of carbonyl (C=O) groups is 1. The van der Waals surface area contributed by atoms with Crippen molar-refractivity contribution in [1.29, 1.82) is 0 Å². The highest BCUT2D eigenvalue weighted by Gasteiger charge is 2.35.